The quantitative estimate of drug-likeness (QED) is 0.245. The highest BCUT2D eigenvalue weighted by Crippen LogP contribution is 2.39. The number of aliphatic hydroxyl groups is 1. The van der Waals surface area contributed by atoms with Crippen LogP contribution in [0.15, 0.2) is 28.9 Å². The van der Waals surface area contributed by atoms with Gasteiger partial charge in [-0.2, -0.15) is 0 Å². The number of fused-ring (bicyclic) bond motifs is 1. The zero-order valence-corrected chi connectivity index (χ0v) is 23.0. The van der Waals surface area contributed by atoms with Crippen molar-refractivity contribution in [3.8, 4) is 0 Å². The van der Waals surface area contributed by atoms with Gasteiger partial charge in [-0.3, -0.25) is 0 Å². The summed E-state index contributed by atoms with van der Waals surface area (Å²) in [5.41, 5.74) is 7.66. The fourth-order valence-corrected chi connectivity index (χ4v) is 5.82. The van der Waals surface area contributed by atoms with Crippen molar-refractivity contribution in [2.24, 2.45) is 10.7 Å². The molecule has 0 unspecified atom stereocenters. The zero-order chi connectivity index (χ0) is 24.1. The lowest BCUT2D eigenvalue weighted by atomic mass is 9.98. The van der Waals surface area contributed by atoms with Crippen molar-refractivity contribution in [3.05, 3.63) is 23.9 Å². The Morgan fingerprint density at radius 2 is 2.06 bits per heavy atom. The van der Waals surface area contributed by atoms with E-state index in [1.165, 1.54) is 0 Å². The monoisotopic (exact) mass is 501 g/mol. The number of esters is 1. The van der Waals surface area contributed by atoms with Crippen LogP contribution < -0.4 is 5.73 Å². The summed E-state index contributed by atoms with van der Waals surface area (Å²) >= 11 is 0. The van der Waals surface area contributed by atoms with E-state index in [4.69, 9.17) is 14.9 Å². The second-order valence-corrected chi connectivity index (χ2v) is 15.2. The lowest BCUT2D eigenvalue weighted by molar-refractivity contribution is -0.138. The molecule has 3 N–H and O–H groups in total. The molecule has 7 nitrogen and oxygen atoms in total. The zero-order valence-electron chi connectivity index (χ0n) is 21.2. The van der Waals surface area contributed by atoms with Crippen molar-refractivity contribution in [2.45, 2.75) is 103 Å². The first kappa shape index (κ1) is 29.7. The van der Waals surface area contributed by atoms with E-state index in [9.17, 15) is 9.90 Å². The average Bonchev–Trinajstić information content (AvgIpc) is 3.09. The molecule has 0 spiro atoms. The Morgan fingerprint density at radius 3 is 2.64 bits per heavy atom. The number of nitrogens with two attached hydrogens (primary N) is 1. The van der Waals surface area contributed by atoms with Crippen LogP contribution in [0.4, 0.5) is 0 Å². The Hall–Kier alpha value is -1.35. The predicted octanol–water partition coefficient (Wildman–Crippen LogP) is 4.52. The van der Waals surface area contributed by atoms with Gasteiger partial charge >= 0.3 is 5.97 Å². The number of guanidine groups is 1. The Balaban J connectivity index is 0.00000544. The van der Waals surface area contributed by atoms with Crippen LogP contribution in [-0.2, 0) is 14.0 Å². The molecule has 33 heavy (non-hydrogen) atoms. The number of hydrogen-bond donors (Lipinski definition) is 2. The van der Waals surface area contributed by atoms with E-state index < -0.39 is 8.32 Å². The van der Waals surface area contributed by atoms with E-state index >= 15 is 0 Å². The molecule has 0 aliphatic carbocycles. The minimum atomic E-state index is -1.82. The van der Waals surface area contributed by atoms with Crippen LogP contribution in [0.3, 0.4) is 0 Å². The molecule has 190 valence electrons. The summed E-state index contributed by atoms with van der Waals surface area (Å²) in [6, 6.07) is -0.0483. The molecule has 1 saturated heterocycles. The van der Waals surface area contributed by atoms with Gasteiger partial charge in [0.05, 0.1) is 17.3 Å². The van der Waals surface area contributed by atoms with Gasteiger partial charge in [0.25, 0.3) is 0 Å². The molecular weight excluding hydrogens is 458 g/mol. The van der Waals surface area contributed by atoms with E-state index in [0.717, 1.165) is 31.4 Å². The summed E-state index contributed by atoms with van der Waals surface area (Å²) in [7, 11) is -1.82. The highest BCUT2D eigenvalue weighted by Gasteiger charge is 2.43. The number of nitrogens with zero attached hydrogens (tertiary/aromatic N) is 2. The number of carbonyl (C=O) groups is 1. The molecule has 0 aromatic heterocycles. The first-order chi connectivity index (χ1) is 14.9. The van der Waals surface area contributed by atoms with Crippen LogP contribution in [0.5, 0.6) is 0 Å². The van der Waals surface area contributed by atoms with Gasteiger partial charge < -0.3 is 24.9 Å². The van der Waals surface area contributed by atoms with Gasteiger partial charge in [-0.15, -0.1) is 12.4 Å². The van der Waals surface area contributed by atoms with Crippen molar-refractivity contribution in [1.82, 2.24) is 4.90 Å². The SMILES string of the molecule is C=CCOC(=O)C1=C(CCC[C@@H](C)O[Si](C)(C)C(C)(C)C)N=C(N)N2[C@H](CCO)CC[C@@H]12.Cl. The third kappa shape index (κ3) is 7.31. The van der Waals surface area contributed by atoms with Gasteiger partial charge in [0.15, 0.2) is 14.3 Å². The topological polar surface area (TPSA) is 97.4 Å². The Morgan fingerprint density at radius 1 is 1.39 bits per heavy atom. The predicted molar refractivity (Wildman–Crippen MR) is 139 cm³/mol. The first-order valence-corrected chi connectivity index (χ1v) is 14.8. The number of ether oxygens (including phenoxy) is 1. The van der Waals surface area contributed by atoms with E-state index in [-0.39, 0.29) is 54.8 Å². The lowest BCUT2D eigenvalue weighted by Crippen LogP contribution is -2.50. The third-order valence-corrected chi connectivity index (χ3v) is 11.6. The van der Waals surface area contributed by atoms with Crippen molar-refractivity contribution in [2.75, 3.05) is 13.2 Å². The molecule has 0 aromatic carbocycles. The van der Waals surface area contributed by atoms with Gasteiger partial charge in [0.1, 0.15) is 6.61 Å². The molecule has 0 aromatic rings. The van der Waals surface area contributed by atoms with E-state index in [1.807, 2.05) is 4.90 Å². The summed E-state index contributed by atoms with van der Waals surface area (Å²) in [4.78, 5) is 19.6. The van der Waals surface area contributed by atoms with Gasteiger partial charge in [0, 0.05) is 18.8 Å². The summed E-state index contributed by atoms with van der Waals surface area (Å²) in [6.07, 6.45) is 6.39. The van der Waals surface area contributed by atoms with Crippen molar-refractivity contribution >= 4 is 32.7 Å². The maximum absolute atomic E-state index is 12.9. The number of carbonyl (C=O) groups excluding carboxylic acids is 1. The smallest absolute Gasteiger partial charge is 0.338 e. The Bertz CT molecular complexity index is 748. The standard InChI is InChI=1S/C24H43N3O4Si.ClH/c1-8-16-30-22(29)21-19(11-9-10-17(2)31-32(6,7)24(3,4)5)26-23(25)27-18(14-15-28)12-13-20(21)27;/h8,17-18,20,28H,1,9-16H2,2-7H3,(H2,25,26);1H/t17-,18+,20+;/m1./s1. The second kappa shape index (κ2) is 12.4. The highest BCUT2D eigenvalue weighted by atomic mass is 35.5. The highest BCUT2D eigenvalue weighted by molar-refractivity contribution is 6.74. The van der Waals surface area contributed by atoms with Gasteiger partial charge in [0.2, 0.25) is 0 Å². The maximum atomic E-state index is 12.9. The van der Waals surface area contributed by atoms with Crippen LogP contribution in [0.25, 0.3) is 0 Å². The molecule has 2 heterocycles. The van der Waals surface area contributed by atoms with Crippen LogP contribution in [0, 0.1) is 0 Å². The molecular formula is C24H44ClN3O4Si. The van der Waals surface area contributed by atoms with Crippen LogP contribution in [-0.4, -0.2) is 61.7 Å². The minimum absolute atomic E-state index is 0. The molecule has 0 radical (unpaired) electrons. The number of aliphatic imine (C=N–C) groups is 1. The molecule has 0 amide bonds. The number of halogens is 1. The van der Waals surface area contributed by atoms with Crippen molar-refractivity contribution in [1.29, 1.82) is 0 Å². The van der Waals surface area contributed by atoms with Crippen LogP contribution in [0.2, 0.25) is 18.1 Å². The Labute approximate surface area is 207 Å². The van der Waals surface area contributed by atoms with Crippen LogP contribution >= 0.6 is 12.4 Å². The van der Waals surface area contributed by atoms with E-state index in [1.54, 1.807) is 6.08 Å². The fourth-order valence-electron chi connectivity index (χ4n) is 4.35. The van der Waals surface area contributed by atoms with Crippen LogP contribution in [0.1, 0.15) is 66.2 Å². The summed E-state index contributed by atoms with van der Waals surface area (Å²) in [6.45, 7) is 17.3. The molecule has 0 saturated carbocycles. The number of allylic oxidation sites excluding steroid dienone is 1. The third-order valence-electron chi connectivity index (χ3n) is 7.00. The fraction of sp³-hybridized carbons (Fsp3) is 0.750. The molecule has 0 bridgehead atoms. The van der Waals surface area contributed by atoms with Crippen molar-refractivity contribution < 1.29 is 19.1 Å². The summed E-state index contributed by atoms with van der Waals surface area (Å²) in [5.74, 6) is 0.0909. The first-order valence-electron chi connectivity index (χ1n) is 11.8. The van der Waals surface area contributed by atoms with Gasteiger partial charge in [-0.25, -0.2) is 9.79 Å². The average molecular weight is 502 g/mol. The summed E-state index contributed by atoms with van der Waals surface area (Å²) in [5, 5.41) is 9.59. The second-order valence-electron chi connectivity index (χ2n) is 10.5. The molecule has 2 aliphatic heterocycles. The number of hydrogen-bond acceptors (Lipinski definition) is 7. The van der Waals surface area contributed by atoms with E-state index in [0.29, 0.717) is 24.4 Å². The van der Waals surface area contributed by atoms with Gasteiger partial charge in [-0.05, 0) is 63.6 Å². The number of aliphatic hydroxyl groups excluding tert-OH is 1. The van der Waals surface area contributed by atoms with E-state index in [2.05, 4.69) is 52.4 Å². The molecule has 2 rings (SSSR count). The minimum Gasteiger partial charge on any atom is -0.458 e. The molecule has 9 heteroatoms. The molecule has 2 aliphatic rings. The maximum Gasteiger partial charge on any atom is 0.338 e. The lowest BCUT2D eigenvalue weighted by Gasteiger charge is -2.38. The van der Waals surface area contributed by atoms with Crippen molar-refractivity contribution in [3.63, 3.8) is 0 Å². The molecule has 3 atom stereocenters. The largest absolute Gasteiger partial charge is 0.458 e. The Kier molecular flexibility index (Phi) is 11.1. The normalized spacial score (nSPS) is 21.8. The summed E-state index contributed by atoms with van der Waals surface area (Å²) < 4.78 is 11.9. The van der Waals surface area contributed by atoms with Gasteiger partial charge in [-0.1, -0.05) is 33.4 Å². The molecule has 1 fully saturated rings. The number of rotatable bonds is 11.